The van der Waals surface area contributed by atoms with Crippen molar-refractivity contribution in [3.8, 4) is 5.75 Å². The molecule has 19 heavy (non-hydrogen) atoms. The van der Waals surface area contributed by atoms with Gasteiger partial charge in [0.05, 0.1) is 12.7 Å². The summed E-state index contributed by atoms with van der Waals surface area (Å²) in [5.41, 5.74) is 5.78. The van der Waals surface area contributed by atoms with E-state index in [0.29, 0.717) is 24.8 Å². The largest absolute Gasteiger partial charge is 0.497 e. The van der Waals surface area contributed by atoms with Crippen molar-refractivity contribution in [3.05, 3.63) is 29.6 Å². The van der Waals surface area contributed by atoms with Crippen molar-refractivity contribution in [1.29, 1.82) is 0 Å². The Hall–Kier alpha value is -1.62. The molecule has 0 saturated carbocycles. The van der Waals surface area contributed by atoms with Crippen LogP contribution in [0, 0.1) is 11.7 Å². The van der Waals surface area contributed by atoms with Gasteiger partial charge in [0, 0.05) is 25.2 Å². The maximum atomic E-state index is 13.9. The topological polar surface area (TPSA) is 55.6 Å². The molecule has 1 aliphatic heterocycles. The molecule has 4 nitrogen and oxygen atoms in total. The first-order valence-corrected chi connectivity index (χ1v) is 6.43. The number of hydrogen-bond donors (Lipinski definition) is 1. The van der Waals surface area contributed by atoms with Crippen molar-refractivity contribution in [1.82, 2.24) is 4.90 Å². The molecule has 1 aromatic carbocycles. The van der Waals surface area contributed by atoms with Crippen LogP contribution in [-0.4, -0.2) is 37.0 Å². The van der Waals surface area contributed by atoms with Crippen molar-refractivity contribution in [2.24, 2.45) is 11.7 Å². The number of halogens is 1. The summed E-state index contributed by atoms with van der Waals surface area (Å²) in [6.07, 6.45) is 0.908. The van der Waals surface area contributed by atoms with E-state index in [0.717, 1.165) is 6.42 Å². The van der Waals surface area contributed by atoms with E-state index < -0.39 is 5.82 Å². The van der Waals surface area contributed by atoms with Gasteiger partial charge in [-0.05, 0) is 24.5 Å². The van der Waals surface area contributed by atoms with E-state index in [1.54, 1.807) is 11.0 Å². The summed E-state index contributed by atoms with van der Waals surface area (Å²) in [7, 11) is 1.46. The quantitative estimate of drug-likeness (QED) is 0.905. The number of carbonyl (C=O) groups excluding carboxylic acids is 1. The Morgan fingerprint density at radius 2 is 2.32 bits per heavy atom. The smallest absolute Gasteiger partial charge is 0.257 e. The number of benzene rings is 1. The minimum atomic E-state index is -0.556. The molecule has 0 spiro atoms. The van der Waals surface area contributed by atoms with Gasteiger partial charge in [-0.3, -0.25) is 4.79 Å². The highest BCUT2D eigenvalue weighted by Gasteiger charge is 2.34. The number of nitrogens with zero attached hydrogens (tertiary/aromatic N) is 1. The average molecular weight is 266 g/mol. The van der Waals surface area contributed by atoms with Crippen molar-refractivity contribution in [2.75, 3.05) is 20.2 Å². The first-order valence-electron chi connectivity index (χ1n) is 6.43. The minimum Gasteiger partial charge on any atom is -0.497 e. The number of hydrogen-bond acceptors (Lipinski definition) is 3. The lowest BCUT2D eigenvalue weighted by molar-refractivity contribution is 0.0722. The van der Waals surface area contributed by atoms with E-state index >= 15 is 0 Å². The van der Waals surface area contributed by atoms with Crippen LogP contribution in [0.5, 0.6) is 5.75 Å². The van der Waals surface area contributed by atoms with Crippen molar-refractivity contribution in [3.63, 3.8) is 0 Å². The van der Waals surface area contributed by atoms with E-state index in [2.05, 4.69) is 6.92 Å². The number of carbonyl (C=O) groups is 1. The van der Waals surface area contributed by atoms with Gasteiger partial charge in [-0.2, -0.15) is 0 Å². The fraction of sp³-hybridized carbons (Fsp3) is 0.500. The molecule has 2 rings (SSSR count). The number of ether oxygens (including phenoxy) is 1. The molecule has 1 amide bonds. The second kappa shape index (κ2) is 5.57. The highest BCUT2D eigenvalue weighted by Crippen LogP contribution is 2.26. The van der Waals surface area contributed by atoms with Crippen LogP contribution >= 0.6 is 0 Å². The normalized spacial score (nSPS) is 22.6. The molecule has 1 saturated heterocycles. The molecule has 2 atom stereocenters. The molecule has 1 fully saturated rings. The van der Waals surface area contributed by atoms with Gasteiger partial charge in [0.25, 0.3) is 5.91 Å². The summed E-state index contributed by atoms with van der Waals surface area (Å²) in [4.78, 5) is 14.0. The predicted octanol–water partition coefficient (Wildman–Crippen LogP) is 1.64. The van der Waals surface area contributed by atoms with Crippen molar-refractivity contribution < 1.29 is 13.9 Å². The van der Waals surface area contributed by atoms with Gasteiger partial charge in [-0.25, -0.2) is 4.39 Å². The SMILES string of the molecule is COc1ccc(C(=O)N2CCC(C)C2CN)c(F)c1. The van der Waals surface area contributed by atoms with Crippen LogP contribution in [0.15, 0.2) is 18.2 Å². The Morgan fingerprint density at radius 3 is 2.89 bits per heavy atom. The van der Waals surface area contributed by atoms with Crippen LogP contribution < -0.4 is 10.5 Å². The Balaban J connectivity index is 2.24. The Bertz CT molecular complexity index is 479. The van der Waals surface area contributed by atoms with Gasteiger partial charge >= 0.3 is 0 Å². The minimum absolute atomic E-state index is 0.00555. The second-order valence-electron chi connectivity index (χ2n) is 4.91. The van der Waals surface area contributed by atoms with Crippen LogP contribution in [0.4, 0.5) is 4.39 Å². The highest BCUT2D eigenvalue weighted by atomic mass is 19.1. The maximum absolute atomic E-state index is 13.9. The molecule has 2 N–H and O–H groups in total. The molecule has 0 aliphatic carbocycles. The van der Waals surface area contributed by atoms with Crippen molar-refractivity contribution >= 4 is 5.91 Å². The van der Waals surface area contributed by atoms with Gasteiger partial charge < -0.3 is 15.4 Å². The predicted molar refractivity (Wildman–Crippen MR) is 70.6 cm³/mol. The van der Waals surface area contributed by atoms with Gasteiger partial charge in [0.1, 0.15) is 11.6 Å². The van der Waals surface area contributed by atoms with Crippen molar-refractivity contribution in [2.45, 2.75) is 19.4 Å². The molecular formula is C14H19FN2O2. The number of likely N-dealkylation sites (tertiary alicyclic amines) is 1. The standard InChI is InChI=1S/C14H19FN2O2/c1-9-5-6-17(13(9)8-16)14(18)11-4-3-10(19-2)7-12(11)15/h3-4,7,9,13H,5-6,8,16H2,1-2H3. The van der Waals surface area contributed by atoms with E-state index in [1.165, 1.54) is 19.2 Å². The lowest BCUT2D eigenvalue weighted by Gasteiger charge is -2.26. The second-order valence-corrected chi connectivity index (χ2v) is 4.91. The first-order chi connectivity index (χ1) is 9.08. The third-order valence-electron chi connectivity index (χ3n) is 3.79. The summed E-state index contributed by atoms with van der Waals surface area (Å²) in [5, 5.41) is 0. The molecule has 1 heterocycles. The highest BCUT2D eigenvalue weighted by molar-refractivity contribution is 5.95. The fourth-order valence-electron chi connectivity index (χ4n) is 2.57. The Morgan fingerprint density at radius 1 is 1.58 bits per heavy atom. The van der Waals surface area contributed by atoms with Crippen LogP contribution in [-0.2, 0) is 0 Å². The molecule has 1 aliphatic rings. The van der Waals surface area contributed by atoms with Gasteiger partial charge in [0.2, 0.25) is 0 Å². The molecule has 104 valence electrons. The summed E-state index contributed by atoms with van der Waals surface area (Å²) in [6.45, 7) is 3.10. The number of rotatable bonds is 3. The van der Waals surface area contributed by atoms with Crippen LogP contribution in [0.1, 0.15) is 23.7 Å². The lowest BCUT2D eigenvalue weighted by atomic mass is 10.0. The van der Waals surface area contributed by atoms with E-state index in [-0.39, 0.29) is 17.5 Å². The molecule has 1 aromatic rings. The zero-order valence-corrected chi connectivity index (χ0v) is 11.2. The summed E-state index contributed by atoms with van der Waals surface area (Å²) >= 11 is 0. The molecule has 2 unspecified atom stereocenters. The molecule has 0 bridgehead atoms. The fourth-order valence-corrected chi connectivity index (χ4v) is 2.57. The van der Waals surface area contributed by atoms with E-state index in [4.69, 9.17) is 10.5 Å². The number of methoxy groups -OCH3 is 1. The van der Waals surface area contributed by atoms with E-state index in [1.807, 2.05) is 0 Å². The third kappa shape index (κ3) is 2.56. The third-order valence-corrected chi connectivity index (χ3v) is 3.79. The summed E-state index contributed by atoms with van der Waals surface area (Å²) < 4.78 is 18.8. The van der Waals surface area contributed by atoms with Crippen LogP contribution in [0.25, 0.3) is 0 Å². The number of nitrogens with two attached hydrogens (primary N) is 1. The maximum Gasteiger partial charge on any atom is 0.257 e. The first kappa shape index (κ1) is 13.8. The van der Waals surface area contributed by atoms with Gasteiger partial charge in [-0.1, -0.05) is 6.92 Å². The van der Waals surface area contributed by atoms with Crippen LogP contribution in [0.3, 0.4) is 0 Å². The summed E-state index contributed by atoms with van der Waals surface area (Å²) in [5.74, 6) is -0.0888. The zero-order chi connectivity index (χ0) is 14.0. The molecular weight excluding hydrogens is 247 g/mol. The van der Waals surface area contributed by atoms with E-state index in [9.17, 15) is 9.18 Å². The average Bonchev–Trinajstić information content (AvgIpc) is 2.78. The summed E-state index contributed by atoms with van der Waals surface area (Å²) in [6, 6.07) is 4.28. The Kier molecular flexibility index (Phi) is 4.04. The van der Waals surface area contributed by atoms with Gasteiger partial charge in [0.15, 0.2) is 0 Å². The molecule has 0 radical (unpaired) electrons. The number of amides is 1. The zero-order valence-electron chi connectivity index (χ0n) is 11.2. The van der Waals surface area contributed by atoms with Crippen LogP contribution in [0.2, 0.25) is 0 Å². The van der Waals surface area contributed by atoms with Gasteiger partial charge in [-0.15, -0.1) is 0 Å². The monoisotopic (exact) mass is 266 g/mol. The Labute approximate surface area is 112 Å². The molecule has 5 heteroatoms. The lowest BCUT2D eigenvalue weighted by Crippen LogP contribution is -2.42. The molecule has 0 aromatic heterocycles.